The van der Waals surface area contributed by atoms with Gasteiger partial charge in [-0.15, -0.1) is 0 Å². The predicted octanol–water partition coefficient (Wildman–Crippen LogP) is 10.4. The lowest BCUT2D eigenvalue weighted by atomic mass is 9.74. The second-order valence-electron chi connectivity index (χ2n) is 17.0. The van der Waals surface area contributed by atoms with Crippen molar-refractivity contribution in [2.45, 2.75) is 144 Å². The fourth-order valence-electron chi connectivity index (χ4n) is 5.06. The highest BCUT2D eigenvalue weighted by molar-refractivity contribution is 7.42. The zero-order valence-electron chi connectivity index (χ0n) is 29.0. The summed E-state index contributed by atoms with van der Waals surface area (Å²) >= 11 is 0. The molecule has 0 fully saturated rings. The van der Waals surface area contributed by atoms with Crippen LogP contribution in [0.5, 0.6) is 11.5 Å². The largest absolute Gasteiger partial charge is 0.463 e. The van der Waals surface area contributed by atoms with E-state index >= 15 is 0 Å². The molecule has 1 heterocycles. The molecule has 2 aromatic rings. The molecule has 1 aliphatic rings. The molecule has 0 atom stereocenters. The van der Waals surface area contributed by atoms with Gasteiger partial charge in [-0.05, 0) is 53.6 Å². The summed E-state index contributed by atoms with van der Waals surface area (Å²) in [4.78, 5) is 0. The molecule has 1 aliphatic heterocycles. The number of benzene rings is 2. The molecule has 0 saturated heterocycles. The molecule has 0 aliphatic carbocycles. The van der Waals surface area contributed by atoms with Crippen molar-refractivity contribution in [3.05, 3.63) is 57.6 Å². The van der Waals surface area contributed by atoms with E-state index in [1.54, 1.807) is 0 Å². The van der Waals surface area contributed by atoms with Gasteiger partial charge in [0, 0.05) is 40.3 Å². The summed E-state index contributed by atoms with van der Waals surface area (Å²) < 4.78 is 20.2. The summed E-state index contributed by atoms with van der Waals surface area (Å²) in [6.07, 6.45) is 0. The van der Waals surface area contributed by atoms with Crippen molar-refractivity contribution in [1.82, 2.24) is 5.32 Å². The van der Waals surface area contributed by atoms with Crippen LogP contribution in [0, 0.1) is 0 Å². The van der Waals surface area contributed by atoms with E-state index in [1.165, 1.54) is 33.4 Å². The molecule has 0 aromatic heterocycles. The Balaban J connectivity index is 2.34. The Hall–Kier alpha value is -1.61. The molecule has 2 aromatic carbocycles. The first-order chi connectivity index (χ1) is 18.4. The lowest BCUT2D eigenvalue weighted by Crippen LogP contribution is -2.37. The zero-order chi connectivity index (χ0) is 31.3. The summed E-state index contributed by atoms with van der Waals surface area (Å²) in [6, 6.07) is 9.43. The summed E-state index contributed by atoms with van der Waals surface area (Å²) in [5.41, 5.74) is 7.24. The summed E-state index contributed by atoms with van der Waals surface area (Å²) in [5.74, 6) is 1.90. The average molecular weight is 584 g/mol. The van der Waals surface area contributed by atoms with Crippen LogP contribution in [-0.4, -0.2) is 18.7 Å². The third-order valence-electron chi connectivity index (χ3n) is 7.80. The van der Waals surface area contributed by atoms with E-state index in [2.05, 4.69) is 140 Å². The van der Waals surface area contributed by atoms with Gasteiger partial charge in [-0.1, -0.05) is 114 Å². The fraction of sp³-hybridized carbons (Fsp3) is 0.667. The van der Waals surface area contributed by atoms with Crippen molar-refractivity contribution in [1.29, 1.82) is 0 Å². The fourth-order valence-corrected chi connectivity index (χ4v) is 6.15. The summed E-state index contributed by atoms with van der Waals surface area (Å²) in [5, 5.41) is 3.53. The Morgan fingerprint density at radius 2 is 1.02 bits per heavy atom. The Bertz CT molecular complexity index is 1140. The standard InChI is InChI=1S/C36H58NO3P/c1-23-26-19-24(32(2,3)4)21-28(34(8,9)10)30(26)39-41(38-18-17-37-36(14,15)16)40-31-27(23)20-25(33(5,6)7)22-29(31)35(11,12)13/h19-23,37H,17-18H2,1-16H3. The first kappa shape index (κ1) is 33.9. The number of rotatable bonds is 4. The molecule has 3 rings (SSSR count). The number of hydrogen-bond donors (Lipinski definition) is 1. The van der Waals surface area contributed by atoms with Crippen LogP contribution >= 0.6 is 8.60 Å². The van der Waals surface area contributed by atoms with E-state index < -0.39 is 8.60 Å². The van der Waals surface area contributed by atoms with E-state index in [1.807, 2.05) is 0 Å². The average Bonchev–Trinajstić information content (AvgIpc) is 2.76. The first-order valence-corrected chi connectivity index (χ1v) is 16.4. The zero-order valence-corrected chi connectivity index (χ0v) is 29.9. The lowest BCUT2D eigenvalue weighted by Gasteiger charge is -2.36. The quantitative estimate of drug-likeness (QED) is 0.287. The van der Waals surface area contributed by atoms with Gasteiger partial charge in [-0.2, -0.15) is 0 Å². The summed E-state index contributed by atoms with van der Waals surface area (Å²) in [6.45, 7) is 37.4. The van der Waals surface area contributed by atoms with Crippen molar-refractivity contribution >= 4 is 8.60 Å². The third kappa shape index (κ3) is 8.27. The van der Waals surface area contributed by atoms with E-state index in [0.29, 0.717) is 6.61 Å². The Morgan fingerprint density at radius 3 is 1.34 bits per heavy atom. The summed E-state index contributed by atoms with van der Waals surface area (Å²) in [7, 11) is -1.70. The van der Waals surface area contributed by atoms with E-state index in [0.717, 1.165) is 18.0 Å². The minimum atomic E-state index is -1.70. The van der Waals surface area contributed by atoms with Gasteiger partial charge in [0.05, 0.1) is 6.61 Å². The van der Waals surface area contributed by atoms with Crippen LogP contribution in [0.15, 0.2) is 24.3 Å². The van der Waals surface area contributed by atoms with E-state index in [9.17, 15) is 0 Å². The van der Waals surface area contributed by atoms with Gasteiger partial charge in [-0.25, -0.2) is 0 Å². The van der Waals surface area contributed by atoms with Gasteiger partial charge in [-0.3, -0.25) is 4.52 Å². The molecule has 0 bridgehead atoms. The van der Waals surface area contributed by atoms with Crippen LogP contribution in [0.3, 0.4) is 0 Å². The van der Waals surface area contributed by atoms with Crippen LogP contribution in [0.1, 0.15) is 150 Å². The Labute approximate surface area is 253 Å². The molecule has 0 amide bonds. The molecule has 0 saturated carbocycles. The minimum absolute atomic E-state index is 0.000134. The highest BCUT2D eigenvalue weighted by Gasteiger charge is 2.37. The van der Waals surface area contributed by atoms with Crippen LogP contribution in [0.25, 0.3) is 0 Å². The van der Waals surface area contributed by atoms with Crippen LogP contribution in [-0.2, 0) is 26.2 Å². The molecular formula is C36H58NO3P. The van der Waals surface area contributed by atoms with Crippen LogP contribution in [0.2, 0.25) is 0 Å². The van der Waals surface area contributed by atoms with Gasteiger partial charge in [0.15, 0.2) is 0 Å². The van der Waals surface area contributed by atoms with Crippen LogP contribution < -0.4 is 14.4 Å². The van der Waals surface area contributed by atoms with Crippen molar-refractivity contribution in [3.63, 3.8) is 0 Å². The van der Waals surface area contributed by atoms with Crippen molar-refractivity contribution in [2.75, 3.05) is 13.2 Å². The van der Waals surface area contributed by atoms with Gasteiger partial charge in [0.1, 0.15) is 11.5 Å². The maximum Gasteiger partial charge on any atom is 0.463 e. The SMILES string of the molecule is CC1c2cc(C(C)(C)C)cc(C(C)(C)C)c2OP(OCCNC(C)(C)C)Oc2c1cc(C(C)(C)C)cc2C(C)(C)C. The molecule has 4 nitrogen and oxygen atoms in total. The molecule has 1 N–H and O–H groups in total. The van der Waals surface area contributed by atoms with E-state index in [4.69, 9.17) is 13.6 Å². The highest BCUT2D eigenvalue weighted by Crippen LogP contribution is 2.55. The second-order valence-corrected chi connectivity index (χ2v) is 18.1. The normalized spacial score (nSPS) is 18.5. The number of nitrogens with one attached hydrogen (secondary N) is 1. The third-order valence-corrected chi connectivity index (χ3v) is 8.86. The molecule has 0 radical (unpaired) electrons. The molecule has 0 unspecified atom stereocenters. The minimum Gasteiger partial charge on any atom is -0.417 e. The highest BCUT2D eigenvalue weighted by atomic mass is 31.2. The molecule has 230 valence electrons. The number of hydrogen-bond acceptors (Lipinski definition) is 4. The van der Waals surface area contributed by atoms with Gasteiger partial charge >= 0.3 is 8.60 Å². The van der Waals surface area contributed by atoms with Gasteiger partial charge in [0.25, 0.3) is 0 Å². The van der Waals surface area contributed by atoms with Crippen LogP contribution in [0.4, 0.5) is 0 Å². The van der Waals surface area contributed by atoms with Crippen molar-refractivity contribution < 1.29 is 13.6 Å². The monoisotopic (exact) mass is 583 g/mol. The smallest absolute Gasteiger partial charge is 0.417 e. The number of fused-ring (bicyclic) bond motifs is 2. The topological polar surface area (TPSA) is 39.7 Å². The maximum atomic E-state index is 6.88. The first-order valence-electron chi connectivity index (χ1n) is 15.3. The Morgan fingerprint density at radius 1 is 0.634 bits per heavy atom. The lowest BCUT2D eigenvalue weighted by molar-refractivity contribution is 0.248. The maximum absolute atomic E-state index is 6.88. The second kappa shape index (κ2) is 11.5. The van der Waals surface area contributed by atoms with Gasteiger partial charge < -0.3 is 14.4 Å². The van der Waals surface area contributed by atoms with E-state index in [-0.39, 0.29) is 33.1 Å². The molecule has 41 heavy (non-hydrogen) atoms. The molecule has 0 spiro atoms. The molecular weight excluding hydrogens is 525 g/mol. The molecule has 5 heteroatoms. The predicted molar refractivity (Wildman–Crippen MR) is 177 cm³/mol. The van der Waals surface area contributed by atoms with Gasteiger partial charge in [0.2, 0.25) is 0 Å². The van der Waals surface area contributed by atoms with Crippen molar-refractivity contribution in [2.24, 2.45) is 0 Å². The Kier molecular flexibility index (Phi) is 9.48. The van der Waals surface area contributed by atoms with Crippen molar-refractivity contribution in [3.8, 4) is 11.5 Å².